The largest absolute Gasteiger partial charge is 0.508 e. The van der Waals surface area contributed by atoms with Crippen molar-refractivity contribution in [2.45, 2.75) is 64.6 Å². The van der Waals surface area contributed by atoms with E-state index >= 15 is 0 Å². The van der Waals surface area contributed by atoms with Crippen LogP contribution in [0.4, 0.5) is 0 Å². The van der Waals surface area contributed by atoms with Crippen molar-refractivity contribution in [1.82, 2.24) is 5.32 Å². The number of unbranched alkanes of at least 4 members (excludes halogenated alkanes) is 3. The maximum absolute atomic E-state index is 10.5. The minimum atomic E-state index is -0.611. The number of phenolic OH excluding ortho intramolecular Hbond substituents is 1. The molecule has 0 aromatic heterocycles. The molecule has 0 spiro atoms. The first-order valence-electron chi connectivity index (χ1n) is 14.3. The standard InChI is InChI=1S/C33H43NO6/c1-33(2)39-24-29-20-28(13-14-32(29)40-33)31(36)22-34-15-5-3-4-6-16-37-17-18-38-23-25-9-7-10-26(19-25)27-11-8-12-30(35)21-27/h7-14,19-21,31,34-36H,3-6,15-18,22-24H2,1-2H3/t31-/m0/s1. The van der Waals surface area contributed by atoms with Gasteiger partial charge in [-0.25, -0.2) is 0 Å². The minimum absolute atomic E-state index is 0.265. The summed E-state index contributed by atoms with van der Waals surface area (Å²) in [5.74, 6) is 0.478. The third-order valence-electron chi connectivity index (χ3n) is 6.88. The SMILES string of the molecule is CC1(C)OCc2cc([C@@H](O)CNCCCCCCOCCOCc3cccc(-c4cccc(O)c4)c3)ccc2O1. The summed E-state index contributed by atoms with van der Waals surface area (Å²) in [6.45, 7) is 8.11. The van der Waals surface area contributed by atoms with Crippen LogP contribution in [-0.2, 0) is 27.4 Å². The predicted octanol–water partition coefficient (Wildman–Crippen LogP) is 6.12. The van der Waals surface area contributed by atoms with Crippen molar-refractivity contribution in [3.8, 4) is 22.6 Å². The van der Waals surface area contributed by atoms with Crippen LogP contribution >= 0.6 is 0 Å². The van der Waals surface area contributed by atoms with Crippen molar-refractivity contribution >= 4 is 0 Å². The molecule has 7 nitrogen and oxygen atoms in total. The van der Waals surface area contributed by atoms with E-state index in [1.165, 1.54) is 0 Å². The molecule has 40 heavy (non-hydrogen) atoms. The second-order valence-corrected chi connectivity index (χ2v) is 10.7. The Kier molecular flexibility index (Phi) is 11.4. The summed E-state index contributed by atoms with van der Waals surface area (Å²) in [4.78, 5) is 0. The van der Waals surface area contributed by atoms with Crippen LogP contribution in [0.15, 0.2) is 66.7 Å². The Morgan fingerprint density at radius 1 is 0.875 bits per heavy atom. The fourth-order valence-electron chi connectivity index (χ4n) is 4.67. The monoisotopic (exact) mass is 549 g/mol. The van der Waals surface area contributed by atoms with Crippen molar-refractivity contribution in [2.24, 2.45) is 0 Å². The zero-order valence-corrected chi connectivity index (χ0v) is 23.7. The Morgan fingerprint density at radius 3 is 2.50 bits per heavy atom. The van der Waals surface area contributed by atoms with Crippen LogP contribution in [0, 0.1) is 0 Å². The van der Waals surface area contributed by atoms with E-state index in [4.69, 9.17) is 18.9 Å². The van der Waals surface area contributed by atoms with Gasteiger partial charge < -0.3 is 34.5 Å². The molecule has 0 radical (unpaired) electrons. The highest BCUT2D eigenvalue weighted by atomic mass is 16.7. The number of rotatable bonds is 16. The molecule has 3 aromatic rings. The van der Waals surface area contributed by atoms with E-state index in [1.807, 2.05) is 62.4 Å². The van der Waals surface area contributed by atoms with Gasteiger partial charge in [-0.15, -0.1) is 0 Å². The summed E-state index contributed by atoms with van der Waals surface area (Å²) in [6, 6.07) is 21.3. The highest BCUT2D eigenvalue weighted by molar-refractivity contribution is 5.65. The molecule has 4 rings (SSSR count). The second kappa shape index (κ2) is 15.2. The van der Waals surface area contributed by atoms with E-state index in [0.29, 0.717) is 33.0 Å². The van der Waals surface area contributed by atoms with Crippen LogP contribution in [0.3, 0.4) is 0 Å². The van der Waals surface area contributed by atoms with Gasteiger partial charge in [0, 0.05) is 32.6 Å². The van der Waals surface area contributed by atoms with Gasteiger partial charge in [-0.3, -0.25) is 0 Å². The quantitative estimate of drug-likeness (QED) is 0.186. The van der Waals surface area contributed by atoms with E-state index in [0.717, 1.165) is 72.4 Å². The zero-order valence-electron chi connectivity index (χ0n) is 23.7. The highest BCUT2D eigenvalue weighted by Crippen LogP contribution is 2.33. The highest BCUT2D eigenvalue weighted by Gasteiger charge is 2.27. The van der Waals surface area contributed by atoms with Gasteiger partial charge in [0.2, 0.25) is 5.79 Å². The third-order valence-corrected chi connectivity index (χ3v) is 6.88. The number of benzene rings is 3. The molecule has 0 saturated heterocycles. The first-order valence-corrected chi connectivity index (χ1v) is 14.3. The molecule has 7 heteroatoms. The molecular weight excluding hydrogens is 506 g/mol. The topological polar surface area (TPSA) is 89.4 Å². The van der Waals surface area contributed by atoms with E-state index in [-0.39, 0.29) is 5.75 Å². The number of hydrogen-bond acceptors (Lipinski definition) is 7. The molecule has 1 atom stereocenters. The van der Waals surface area contributed by atoms with Crippen LogP contribution in [0.2, 0.25) is 0 Å². The molecule has 3 N–H and O–H groups in total. The molecule has 0 saturated carbocycles. The Balaban J connectivity index is 0.984. The van der Waals surface area contributed by atoms with Gasteiger partial charge >= 0.3 is 0 Å². The summed E-state index contributed by atoms with van der Waals surface area (Å²) in [5.41, 5.74) is 4.99. The van der Waals surface area contributed by atoms with Gasteiger partial charge in [0.25, 0.3) is 0 Å². The smallest absolute Gasteiger partial charge is 0.205 e. The Bertz CT molecular complexity index is 1200. The van der Waals surface area contributed by atoms with Gasteiger partial charge in [-0.2, -0.15) is 0 Å². The van der Waals surface area contributed by atoms with Gasteiger partial charge in [0.1, 0.15) is 11.5 Å². The fraction of sp³-hybridized carbons (Fsp3) is 0.455. The molecule has 216 valence electrons. The fourth-order valence-corrected chi connectivity index (χ4v) is 4.67. The van der Waals surface area contributed by atoms with Crippen LogP contribution in [-0.4, -0.2) is 48.9 Å². The molecule has 3 aromatic carbocycles. The van der Waals surface area contributed by atoms with Crippen molar-refractivity contribution < 1.29 is 29.2 Å². The van der Waals surface area contributed by atoms with Crippen molar-refractivity contribution in [3.05, 3.63) is 83.4 Å². The molecule has 1 aliphatic heterocycles. The van der Waals surface area contributed by atoms with Crippen LogP contribution in [0.25, 0.3) is 11.1 Å². The number of ether oxygens (including phenoxy) is 4. The number of aliphatic hydroxyl groups excluding tert-OH is 1. The van der Waals surface area contributed by atoms with Gasteiger partial charge in [-0.1, -0.05) is 49.2 Å². The molecular formula is C33H43NO6. The summed E-state index contributed by atoms with van der Waals surface area (Å²) in [5, 5.41) is 23.6. The molecule has 0 amide bonds. The number of nitrogens with one attached hydrogen (secondary N) is 1. The molecule has 1 aliphatic rings. The summed E-state index contributed by atoms with van der Waals surface area (Å²) < 4.78 is 23.0. The van der Waals surface area contributed by atoms with Gasteiger partial charge in [0.05, 0.1) is 32.5 Å². The number of aromatic hydroxyl groups is 1. The molecule has 0 fully saturated rings. The van der Waals surface area contributed by atoms with E-state index < -0.39 is 11.9 Å². The van der Waals surface area contributed by atoms with Crippen molar-refractivity contribution in [2.75, 3.05) is 32.9 Å². The first-order chi connectivity index (χ1) is 19.4. The lowest BCUT2D eigenvalue weighted by Gasteiger charge is -2.33. The predicted molar refractivity (Wildman–Crippen MR) is 156 cm³/mol. The number of fused-ring (bicyclic) bond motifs is 1. The van der Waals surface area contributed by atoms with E-state index in [9.17, 15) is 10.2 Å². The molecule has 0 unspecified atom stereocenters. The Morgan fingerprint density at radius 2 is 1.65 bits per heavy atom. The Hall–Kier alpha value is -2.94. The van der Waals surface area contributed by atoms with Gasteiger partial charge in [0.15, 0.2) is 0 Å². The Labute approximate surface area is 238 Å². The van der Waals surface area contributed by atoms with E-state index in [1.54, 1.807) is 12.1 Å². The lowest BCUT2D eigenvalue weighted by atomic mass is 10.0. The maximum Gasteiger partial charge on any atom is 0.205 e. The average molecular weight is 550 g/mol. The minimum Gasteiger partial charge on any atom is -0.508 e. The number of hydrogen-bond donors (Lipinski definition) is 3. The molecule has 0 aliphatic carbocycles. The van der Waals surface area contributed by atoms with Crippen molar-refractivity contribution in [3.63, 3.8) is 0 Å². The summed E-state index contributed by atoms with van der Waals surface area (Å²) in [7, 11) is 0. The zero-order chi connectivity index (χ0) is 28.2. The lowest BCUT2D eigenvalue weighted by Crippen LogP contribution is -2.35. The van der Waals surface area contributed by atoms with Gasteiger partial charge in [-0.05, 0) is 72.0 Å². The summed E-state index contributed by atoms with van der Waals surface area (Å²) >= 11 is 0. The van der Waals surface area contributed by atoms with E-state index in [2.05, 4.69) is 11.4 Å². The van der Waals surface area contributed by atoms with Crippen molar-refractivity contribution in [1.29, 1.82) is 0 Å². The van der Waals surface area contributed by atoms with Crippen LogP contribution in [0.1, 0.15) is 62.3 Å². The second-order valence-electron chi connectivity index (χ2n) is 10.7. The third kappa shape index (κ3) is 9.61. The first kappa shape index (κ1) is 30.0. The van der Waals surface area contributed by atoms with Crippen LogP contribution < -0.4 is 10.1 Å². The molecule has 0 bridgehead atoms. The van der Waals surface area contributed by atoms with Crippen LogP contribution in [0.5, 0.6) is 11.5 Å². The number of aliphatic hydroxyl groups is 1. The maximum atomic E-state index is 10.5. The average Bonchev–Trinajstić information content (AvgIpc) is 2.95. The lowest BCUT2D eigenvalue weighted by molar-refractivity contribution is -0.180. The number of phenols is 1. The summed E-state index contributed by atoms with van der Waals surface area (Å²) in [6.07, 6.45) is 3.79. The molecule has 1 heterocycles. The normalized spacial score (nSPS) is 14.9.